The second kappa shape index (κ2) is 7.55. The molecule has 6 heteroatoms. The fourth-order valence-electron chi connectivity index (χ4n) is 3.01. The quantitative estimate of drug-likeness (QED) is 0.669. The van der Waals surface area contributed by atoms with Crippen LogP contribution in [0.4, 0.5) is 5.69 Å². The Morgan fingerprint density at radius 1 is 1.39 bits per heavy atom. The number of nitro benzene ring substituents is 1. The van der Waals surface area contributed by atoms with Gasteiger partial charge in [-0.1, -0.05) is 0 Å². The SMILES string of the molecule is Cc1cc(C(=O)NCC2CCN(C(C)C)CC2)ccc1[N+](=O)[O-]. The maximum atomic E-state index is 12.2. The maximum absolute atomic E-state index is 12.2. The second-order valence-electron chi connectivity index (χ2n) is 6.54. The van der Waals surface area contributed by atoms with Gasteiger partial charge in [0.05, 0.1) is 4.92 Å². The molecule has 1 heterocycles. The van der Waals surface area contributed by atoms with E-state index in [0.717, 1.165) is 25.9 Å². The van der Waals surface area contributed by atoms with E-state index < -0.39 is 4.92 Å². The Labute approximate surface area is 137 Å². The van der Waals surface area contributed by atoms with Crippen molar-refractivity contribution < 1.29 is 9.72 Å². The molecule has 0 unspecified atom stereocenters. The zero-order valence-electron chi connectivity index (χ0n) is 14.0. The molecule has 0 atom stereocenters. The zero-order valence-corrected chi connectivity index (χ0v) is 14.0. The normalized spacial score (nSPS) is 16.5. The van der Waals surface area contributed by atoms with Gasteiger partial charge < -0.3 is 10.2 Å². The number of hydrogen-bond donors (Lipinski definition) is 1. The van der Waals surface area contributed by atoms with Crippen LogP contribution in [0.3, 0.4) is 0 Å². The van der Waals surface area contributed by atoms with Gasteiger partial charge in [-0.25, -0.2) is 0 Å². The summed E-state index contributed by atoms with van der Waals surface area (Å²) in [5.41, 5.74) is 1.03. The molecule has 0 radical (unpaired) electrons. The summed E-state index contributed by atoms with van der Waals surface area (Å²) in [6.07, 6.45) is 2.19. The van der Waals surface area contributed by atoms with Crippen LogP contribution in [0, 0.1) is 23.0 Å². The molecule has 1 saturated heterocycles. The van der Waals surface area contributed by atoms with E-state index in [-0.39, 0.29) is 11.6 Å². The molecule has 1 fully saturated rings. The van der Waals surface area contributed by atoms with Crippen LogP contribution in [0.15, 0.2) is 18.2 Å². The number of likely N-dealkylation sites (tertiary alicyclic amines) is 1. The van der Waals surface area contributed by atoms with Crippen LogP contribution in [0.25, 0.3) is 0 Å². The third-order valence-electron chi connectivity index (χ3n) is 4.59. The van der Waals surface area contributed by atoms with E-state index in [0.29, 0.717) is 29.6 Å². The average Bonchev–Trinajstić information content (AvgIpc) is 2.52. The first-order valence-corrected chi connectivity index (χ1v) is 8.15. The van der Waals surface area contributed by atoms with E-state index in [2.05, 4.69) is 24.1 Å². The summed E-state index contributed by atoms with van der Waals surface area (Å²) in [7, 11) is 0. The van der Waals surface area contributed by atoms with Crippen molar-refractivity contribution in [2.45, 2.75) is 39.7 Å². The minimum absolute atomic E-state index is 0.0441. The molecule has 1 aliphatic rings. The molecule has 2 rings (SSSR count). The predicted octanol–water partition coefficient (Wildman–Crippen LogP) is 2.75. The van der Waals surface area contributed by atoms with E-state index in [1.165, 1.54) is 12.1 Å². The molecule has 1 amide bonds. The van der Waals surface area contributed by atoms with E-state index in [4.69, 9.17) is 0 Å². The number of piperidine rings is 1. The number of benzene rings is 1. The summed E-state index contributed by atoms with van der Waals surface area (Å²) in [5, 5.41) is 13.8. The van der Waals surface area contributed by atoms with Crippen molar-refractivity contribution in [1.29, 1.82) is 0 Å². The van der Waals surface area contributed by atoms with Gasteiger partial charge in [0, 0.05) is 29.8 Å². The average molecular weight is 319 g/mol. The van der Waals surface area contributed by atoms with Crippen molar-refractivity contribution in [2.24, 2.45) is 5.92 Å². The van der Waals surface area contributed by atoms with Gasteiger partial charge >= 0.3 is 0 Å². The van der Waals surface area contributed by atoms with E-state index in [9.17, 15) is 14.9 Å². The van der Waals surface area contributed by atoms with Crippen molar-refractivity contribution in [3.05, 3.63) is 39.4 Å². The third-order valence-corrected chi connectivity index (χ3v) is 4.59. The van der Waals surface area contributed by atoms with E-state index in [1.54, 1.807) is 13.0 Å². The fraction of sp³-hybridized carbons (Fsp3) is 0.588. The van der Waals surface area contributed by atoms with Crippen LogP contribution < -0.4 is 5.32 Å². The molecule has 0 bridgehead atoms. The molecule has 23 heavy (non-hydrogen) atoms. The first kappa shape index (κ1) is 17.4. The van der Waals surface area contributed by atoms with Gasteiger partial charge in [0.1, 0.15) is 0 Å². The Morgan fingerprint density at radius 2 is 2.04 bits per heavy atom. The zero-order chi connectivity index (χ0) is 17.0. The number of nitro groups is 1. The Hall–Kier alpha value is -1.95. The fourth-order valence-corrected chi connectivity index (χ4v) is 3.01. The van der Waals surface area contributed by atoms with Gasteiger partial charge in [-0.2, -0.15) is 0 Å². The van der Waals surface area contributed by atoms with Crippen LogP contribution in [-0.4, -0.2) is 41.4 Å². The lowest BCUT2D eigenvalue weighted by molar-refractivity contribution is -0.385. The summed E-state index contributed by atoms with van der Waals surface area (Å²) in [6.45, 7) is 8.89. The first-order chi connectivity index (χ1) is 10.9. The molecule has 1 aromatic rings. The van der Waals surface area contributed by atoms with Crippen LogP contribution in [0.1, 0.15) is 42.6 Å². The highest BCUT2D eigenvalue weighted by molar-refractivity contribution is 5.94. The number of amides is 1. The molecule has 126 valence electrons. The Balaban J connectivity index is 1.86. The van der Waals surface area contributed by atoms with Gasteiger partial charge in [0.25, 0.3) is 11.6 Å². The lowest BCUT2D eigenvalue weighted by Gasteiger charge is -2.34. The topological polar surface area (TPSA) is 75.5 Å². The smallest absolute Gasteiger partial charge is 0.272 e. The number of hydrogen-bond acceptors (Lipinski definition) is 4. The number of aryl methyl sites for hydroxylation is 1. The summed E-state index contributed by atoms with van der Waals surface area (Å²) in [6, 6.07) is 5.07. The van der Waals surface area contributed by atoms with Gasteiger partial charge in [-0.05, 0) is 64.8 Å². The molecule has 0 saturated carbocycles. The number of rotatable bonds is 5. The highest BCUT2D eigenvalue weighted by Crippen LogP contribution is 2.20. The molecule has 0 aromatic heterocycles. The predicted molar refractivity (Wildman–Crippen MR) is 89.6 cm³/mol. The molecule has 0 aliphatic carbocycles. The number of nitrogens with one attached hydrogen (secondary N) is 1. The van der Waals surface area contributed by atoms with Crippen LogP contribution in [-0.2, 0) is 0 Å². The highest BCUT2D eigenvalue weighted by atomic mass is 16.6. The first-order valence-electron chi connectivity index (χ1n) is 8.15. The molecule has 1 N–H and O–H groups in total. The lowest BCUT2D eigenvalue weighted by atomic mass is 9.96. The highest BCUT2D eigenvalue weighted by Gasteiger charge is 2.21. The molecule has 1 aliphatic heterocycles. The van der Waals surface area contributed by atoms with Gasteiger partial charge in [0.15, 0.2) is 0 Å². The van der Waals surface area contributed by atoms with Gasteiger partial charge in [-0.3, -0.25) is 14.9 Å². The number of nitrogens with zero attached hydrogens (tertiary/aromatic N) is 2. The lowest BCUT2D eigenvalue weighted by Crippen LogP contribution is -2.41. The third kappa shape index (κ3) is 4.51. The summed E-state index contributed by atoms with van der Waals surface area (Å²) >= 11 is 0. The van der Waals surface area contributed by atoms with E-state index >= 15 is 0 Å². The number of carbonyl (C=O) groups is 1. The minimum atomic E-state index is -0.431. The van der Waals surface area contributed by atoms with Crippen LogP contribution >= 0.6 is 0 Å². The van der Waals surface area contributed by atoms with Crippen molar-refractivity contribution in [2.75, 3.05) is 19.6 Å². The summed E-state index contributed by atoms with van der Waals surface area (Å²) in [5.74, 6) is 0.349. The Bertz CT molecular complexity index is 578. The largest absolute Gasteiger partial charge is 0.352 e. The van der Waals surface area contributed by atoms with Crippen molar-refractivity contribution in [1.82, 2.24) is 10.2 Å². The monoisotopic (exact) mass is 319 g/mol. The minimum Gasteiger partial charge on any atom is -0.352 e. The molecular formula is C17H25N3O3. The number of carbonyl (C=O) groups excluding carboxylic acids is 1. The summed E-state index contributed by atoms with van der Waals surface area (Å²) < 4.78 is 0. The standard InChI is InChI=1S/C17H25N3O3/c1-12(2)19-8-6-14(7-9-19)11-18-17(21)15-4-5-16(20(22)23)13(3)10-15/h4-5,10,12,14H,6-9,11H2,1-3H3,(H,18,21). The molecule has 6 nitrogen and oxygen atoms in total. The van der Waals surface area contributed by atoms with Crippen LogP contribution in [0.2, 0.25) is 0 Å². The Kier molecular flexibility index (Phi) is 5.71. The van der Waals surface area contributed by atoms with Crippen LogP contribution in [0.5, 0.6) is 0 Å². The molecule has 1 aromatic carbocycles. The maximum Gasteiger partial charge on any atom is 0.272 e. The van der Waals surface area contributed by atoms with Crippen molar-refractivity contribution in [3.63, 3.8) is 0 Å². The summed E-state index contributed by atoms with van der Waals surface area (Å²) in [4.78, 5) is 25.0. The van der Waals surface area contributed by atoms with Gasteiger partial charge in [0.2, 0.25) is 0 Å². The second-order valence-corrected chi connectivity index (χ2v) is 6.54. The van der Waals surface area contributed by atoms with E-state index in [1.807, 2.05) is 0 Å². The molecule has 0 spiro atoms. The van der Waals surface area contributed by atoms with Crippen molar-refractivity contribution in [3.8, 4) is 0 Å². The van der Waals surface area contributed by atoms with Gasteiger partial charge in [-0.15, -0.1) is 0 Å². The van der Waals surface area contributed by atoms with Crippen molar-refractivity contribution >= 4 is 11.6 Å². The Morgan fingerprint density at radius 3 is 2.57 bits per heavy atom. The molecular weight excluding hydrogens is 294 g/mol.